The van der Waals surface area contributed by atoms with Gasteiger partial charge in [0.15, 0.2) is 12.7 Å². The van der Waals surface area contributed by atoms with E-state index in [4.69, 9.17) is 34.2 Å². The van der Waals surface area contributed by atoms with E-state index >= 15 is 0 Å². The van der Waals surface area contributed by atoms with Crippen molar-refractivity contribution in [2.75, 3.05) is 20.6 Å². The number of ether oxygens (including phenoxy) is 4. The molecule has 376 valence electrons. The maximum atomic E-state index is 11.2. The van der Waals surface area contributed by atoms with E-state index in [1.165, 1.54) is 19.0 Å². The highest BCUT2D eigenvalue weighted by atomic mass is 35.5. The number of carbonyl (C=O) groups excluding carboxylic acids is 5. The molecule has 64 heavy (non-hydrogen) atoms. The minimum Gasteiger partial charge on any atom is -0.481 e. The maximum Gasteiger partial charge on any atom is 0.519 e. The molecule has 0 aromatic carbocycles. The highest BCUT2D eigenvalue weighted by Crippen LogP contribution is 2.12. The molecular formula is C38H76ClN9O16. The van der Waals surface area contributed by atoms with Crippen molar-refractivity contribution >= 4 is 60.8 Å². The summed E-state index contributed by atoms with van der Waals surface area (Å²) in [7, 11) is 3.65. The Labute approximate surface area is 382 Å². The Morgan fingerprint density at radius 1 is 0.719 bits per heavy atom. The first-order valence-electron chi connectivity index (χ1n) is 18.7. The molecular weight excluding hydrogens is 874 g/mol. The van der Waals surface area contributed by atoms with E-state index in [1.54, 1.807) is 67.2 Å². The Bertz CT molecular complexity index is 1430. The molecule has 0 radical (unpaired) electrons. The molecule has 0 unspecified atom stereocenters. The molecule has 0 saturated carbocycles. The summed E-state index contributed by atoms with van der Waals surface area (Å²) in [4.78, 5) is 84.8. The van der Waals surface area contributed by atoms with Crippen molar-refractivity contribution in [3.63, 3.8) is 0 Å². The third kappa shape index (κ3) is 76.9. The topological polar surface area (TPSA) is 389 Å². The molecule has 2 rings (SSSR count). The van der Waals surface area contributed by atoms with Gasteiger partial charge in [0.05, 0.1) is 19.3 Å². The molecule has 0 aliphatic carbocycles. The molecule has 2 heterocycles. The number of aryl methyl sites for hydroxylation is 2. The fraction of sp³-hybridized carbons (Fsp3) is 0.684. The SMILES string of the molecule is C.CC(C)(C)OC(=O)CCc1ncno1.CC(C)(C)OC(=O)OC(=O)OC(C)(C)C.CCC(=O)N=CN(C)C.CCC(=O)O.CCC(N)=O.CCc1ncno1.Cl.NCC(=O)O.NO. The molecule has 0 bridgehead atoms. The van der Waals surface area contributed by atoms with Crippen LogP contribution in [0.5, 0.6) is 0 Å². The minimum absolute atomic E-state index is 0. The first kappa shape index (κ1) is 75.6. The standard InChI is InChI=1S/C10H18O5.C9H14N2O3.C6H12N2O.C4H6N2O.C3H7NO.C3H6O2.C2H5NO2.CH4.ClH.H3NO/c1-9(2,3)14-7(11)13-8(12)15-10(4,5)6;1-9(2,3)13-8(12)5-4-7-10-6-11-14-7;1-4-6(9)7-5-8(2)3;1-2-4-5-3-6-7-4;2*1-2-3(4)5;3-1-2(4)5;;;1-2/h1-6H3;6H,4-5H2,1-3H3;5H,4H2,1-3H3;3H,2H2,1H3;2H2,1H3,(H2,4,5);2H2,1H3,(H,4,5);1,3H2,(H,4,5);1H4;1H;2H,1H2. The number of rotatable bonds is 9. The first-order chi connectivity index (χ1) is 28.4. The molecule has 2 aromatic rings. The number of amides is 2. The van der Waals surface area contributed by atoms with Crippen LogP contribution in [-0.4, -0.2) is 126 Å². The van der Waals surface area contributed by atoms with Gasteiger partial charge in [0.1, 0.15) is 16.8 Å². The van der Waals surface area contributed by atoms with E-state index in [0.717, 1.165) is 6.42 Å². The predicted molar refractivity (Wildman–Crippen MR) is 237 cm³/mol. The number of hydrogen-bond acceptors (Lipinski definition) is 20. The Morgan fingerprint density at radius 2 is 1.08 bits per heavy atom. The van der Waals surface area contributed by atoms with Gasteiger partial charge in [0.2, 0.25) is 23.6 Å². The quantitative estimate of drug-likeness (QED) is 0.0472. The zero-order chi connectivity index (χ0) is 50.1. The number of carboxylic acid groups (broad SMARTS) is 2. The smallest absolute Gasteiger partial charge is 0.481 e. The second-order valence-electron chi connectivity index (χ2n) is 14.3. The third-order valence-corrected chi connectivity index (χ3v) is 4.59. The average molecular weight is 951 g/mol. The number of halogens is 1. The lowest BCUT2D eigenvalue weighted by Gasteiger charge is -2.20. The van der Waals surface area contributed by atoms with Crippen LogP contribution >= 0.6 is 12.4 Å². The normalized spacial score (nSPS) is 9.53. The molecule has 9 N–H and O–H groups in total. The van der Waals surface area contributed by atoms with Crippen LogP contribution in [0.3, 0.4) is 0 Å². The van der Waals surface area contributed by atoms with Crippen molar-refractivity contribution in [2.45, 2.75) is 153 Å². The summed E-state index contributed by atoms with van der Waals surface area (Å²) >= 11 is 0. The third-order valence-electron chi connectivity index (χ3n) is 4.59. The van der Waals surface area contributed by atoms with Crippen LogP contribution in [0.1, 0.15) is 135 Å². The highest BCUT2D eigenvalue weighted by Gasteiger charge is 2.24. The summed E-state index contributed by atoms with van der Waals surface area (Å²) in [5.41, 5.74) is 7.40. The van der Waals surface area contributed by atoms with E-state index in [0.29, 0.717) is 31.0 Å². The maximum absolute atomic E-state index is 11.2. The number of aliphatic carboxylic acids is 2. The number of aliphatic imine (C=N–C) groups is 1. The van der Waals surface area contributed by atoms with Crippen LogP contribution in [-0.2, 0) is 55.8 Å². The lowest BCUT2D eigenvalue weighted by Crippen LogP contribution is -2.29. The van der Waals surface area contributed by atoms with Gasteiger partial charge in [-0.2, -0.15) is 9.97 Å². The van der Waals surface area contributed by atoms with E-state index in [9.17, 15) is 33.6 Å². The van der Waals surface area contributed by atoms with Gasteiger partial charge in [-0.3, -0.25) is 24.0 Å². The number of nitrogens with zero attached hydrogens (tertiary/aromatic N) is 6. The Balaban J connectivity index is -0.0000000983. The highest BCUT2D eigenvalue weighted by molar-refractivity contribution is 5.85. The van der Waals surface area contributed by atoms with Gasteiger partial charge in [-0.15, -0.1) is 12.4 Å². The van der Waals surface area contributed by atoms with Gasteiger partial charge in [0, 0.05) is 46.2 Å². The Kier molecular flexibility index (Phi) is 53.4. The zero-order valence-electron chi connectivity index (χ0n) is 39.2. The van der Waals surface area contributed by atoms with Gasteiger partial charge in [0.25, 0.3) is 0 Å². The monoisotopic (exact) mass is 950 g/mol. The predicted octanol–water partition coefficient (Wildman–Crippen LogP) is 5.15. The molecule has 0 aliphatic rings. The molecule has 2 amide bonds. The van der Waals surface area contributed by atoms with Crippen molar-refractivity contribution in [3.8, 4) is 0 Å². The number of carboxylic acids is 2. The molecule has 0 atom stereocenters. The second kappa shape index (κ2) is 45.2. The second-order valence-corrected chi connectivity index (χ2v) is 14.3. The summed E-state index contributed by atoms with van der Waals surface area (Å²) in [6.07, 6.45) is 4.75. The molecule has 2 aromatic heterocycles. The Hall–Kier alpha value is -5.79. The number of esters is 1. The van der Waals surface area contributed by atoms with E-state index in [1.807, 2.05) is 41.8 Å². The molecule has 0 saturated heterocycles. The van der Waals surface area contributed by atoms with Crippen molar-refractivity contribution in [1.29, 1.82) is 0 Å². The van der Waals surface area contributed by atoms with E-state index < -0.39 is 41.1 Å². The number of hydrogen-bond donors (Lipinski definition) is 6. The molecule has 0 aliphatic heterocycles. The zero-order valence-corrected chi connectivity index (χ0v) is 40.0. The Morgan fingerprint density at radius 3 is 1.30 bits per heavy atom. The first-order valence-corrected chi connectivity index (χ1v) is 18.7. The van der Waals surface area contributed by atoms with E-state index in [-0.39, 0.29) is 57.0 Å². The van der Waals surface area contributed by atoms with Crippen LogP contribution < -0.4 is 17.4 Å². The van der Waals surface area contributed by atoms with Gasteiger partial charge in [-0.05, 0) is 62.3 Å². The largest absolute Gasteiger partial charge is 0.519 e. The molecule has 26 heteroatoms. The number of primary amides is 1. The van der Waals surface area contributed by atoms with Gasteiger partial charge in [-0.25, -0.2) is 20.5 Å². The van der Waals surface area contributed by atoms with Crippen molar-refractivity contribution in [3.05, 3.63) is 24.4 Å². The molecule has 0 spiro atoms. The minimum atomic E-state index is -1.06. The number of carbonyl (C=O) groups is 7. The summed E-state index contributed by atoms with van der Waals surface area (Å²) in [5.74, 6) is 2.36. The number of nitrogens with two attached hydrogens (primary N) is 3. The van der Waals surface area contributed by atoms with Crippen molar-refractivity contribution < 1.29 is 77.0 Å². The van der Waals surface area contributed by atoms with Crippen molar-refractivity contribution in [2.24, 2.45) is 22.4 Å². The van der Waals surface area contributed by atoms with Crippen molar-refractivity contribution in [1.82, 2.24) is 25.2 Å². The van der Waals surface area contributed by atoms with Crippen LogP contribution in [0.4, 0.5) is 9.59 Å². The summed E-state index contributed by atoms with van der Waals surface area (Å²) in [6, 6.07) is 0. The summed E-state index contributed by atoms with van der Waals surface area (Å²) < 4.78 is 28.3. The molecule has 0 fully saturated rings. The summed E-state index contributed by atoms with van der Waals surface area (Å²) in [6.45, 7) is 22.3. The van der Waals surface area contributed by atoms with Gasteiger partial charge >= 0.3 is 30.2 Å². The van der Waals surface area contributed by atoms with Crippen LogP contribution in [0.15, 0.2) is 26.7 Å². The number of aromatic nitrogens is 4. The fourth-order valence-corrected chi connectivity index (χ4v) is 2.14. The lowest BCUT2D eigenvalue weighted by atomic mass is 10.2. The average Bonchev–Trinajstić information content (AvgIpc) is 3.88. The lowest BCUT2D eigenvalue weighted by molar-refractivity contribution is -0.155. The van der Waals surface area contributed by atoms with Gasteiger partial charge < -0.3 is 59.8 Å². The summed E-state index contributed by atoms with van der Waals surface area (Å²) in [5, 5.41) is 28.7. The molecule has 25 nitrogen and oxygen atoms in total. The van der Waals surface area contributed by atoms with Crippen LogP contribution in [0.25, 0.3) is 0 Å². The fourth-order valence-electron chi connectivity index (χ4n) is 2.14. The van der Waals surface area contributed by atoms with E-state index in [2.05, 4.69) is 51.9 Å². The van der Waals surface area contributed by atoms with Crippen LogP contribution in [0, 0.1) is 0 Å². The van der Waals surface area contributed by atoms with Gasteiger partial charge in [-0.1, -0.05) is 45.4 Å². The van der Waals surface area contributed by atoms with Crippen LogP contribution in [0.2, 0.25) is 0 Å².